The highest BCUT2D eigenvalue weighted by atomic mass is 19.1. The van der Waals surface area contributed by atoms with Gasteiger partial charge in [0, 0.05) is 13.1 Å². The van der Waals surface area contributed by atoms with Crippen molar-refractivity contribution < 1.29 is 18.6 Å². The van der Waals surface area contributed by atoms with Crippen LogP contribution in [0.25, 0.3) is 0 Å². The summed E-state index contributed by atoms with van der Waals surface area (Å²) in [5, 5.41) is 14.6. The summed E-state index contributed by atoms with van der Waals surface area (Å²) in [5.41, 5.74) is 0.609. The lowest BCUT2D eigenvalue weighted by Crippen LogP contribution is -2.39. The van der Waals surface area contributed by atoms with Crippen LogP contribution in [0.3, 0.4) is 0 Å². The number of hydrogen-bond acceptors (Lipinski definition) is 3. The van der Waals surface area contributed by atoms with Crippen molar-refractivity contribution in [2.24, 2.45) is 0 Å². The van der Waals surface area contributed by atoms with Gasteiger partial charge in [0.2, 0.25) is 0 Å². The molecule has 0 amide bonds. The second-order valence-corrected chi connectivity index (χ2v) is 6.33. The predicted octanol–water partition coefficient (Wildman–Crippen LogP) is 4.00. The third-order valence-corrected chi connectivity index (χ3v) is 4.49. The number of rotatable bonds is 7. The smallest absolute Gasteiger partial charge is 0.127 e. The van der Waals surface area contributed by atoms with Gasteiger partial charge in [0.05, 0.1) is 7.11 Å². The zero-order chi connectivity index (χ0) is 19.3. The fourth-order valence-corrected chi connectivity index (χ4v) is 2.99. The SMILES string of the molecule is COc1cccc(CNCC(O)(c2ccc(F)cc2)c2ccc(F)cc2)c1. The molecule has 0 radical (unpaired) electrons. The molecular weight excluding hydrogens is 348 g/mol. The van der Waals surface area contributed by atoms with Crippen molar-refractivity contribution in [2.45, 2.75) is 12.1 Å². The number of ether oxygens (including phenoxy) is 1. The molecule has 27 heavy (non-hydrogen) atoms. The molecule has 0 saturated heterocycles. The lowest BCUT2D eigenvalue weighted by Gasteiger charge is -2.30. The minimum absolute atomic E-state index is 0.168. The van der Waals surface area contributed by atoms with Crippen LogP contribution in [0, 0.1) is 11.6 Å². The van der Waals surface area contributed by atoms with Gasteiger partial charge < -0.3 is 15.2 Å². The van der Waals surface area contributed by atoms with Gasteiger partial charge in [-0.05, 0) is 53.1 Å². The Morgan fingerprint density at radius 2 is 1.44 bits per heavy atom. The number of halogens is 2. The number of methoxy groups -OCH3 is 1. The van der Waals surface area contributed by atoms with Gasteiger partial charge in [0.25, 0.3) is 0 Å². The van der Waals surface area contributed by atoms with Crippen molar-refractivity contribution in [3.63, 3.8) is 0 Å². The minimum atomic E-state index is -1.43. The van der Waals surface area contributed by atoms with E-state index in [4.69, 9.17) is 4.74 Å². The van der Waals surface area contributed by atoms with Gasteiger partial charge in [0.1, 0.15) is 23.0 Å². The van der Waals surface area contributed by atoms with Gasteiger partial charge in [-0.3, -0.25) is 0 Å². The summed E-state index contributed by atoms with van der Waals surface area (Å²) in [7, 11) is 1.61. The zero-order valence-corrected chi connectivity index (χ0v) is 15.0. The van der Waals surface area contributed by atoms with Crippen molar-refractivity contribution >= 4 is 0 Å². The molecule has 0 unspecified atom stereocenters. The number of hydrogen-bond donors (Lipinski definition) is 2. The van der Waals surface area contributed by atoms with Gasteiger partial charge in [0.15, 0.2) is 0 Å². The van der Waals surface area contributed by atoms with Crippen LogP contribution in [0.1, 0.15) is 16.7 Å². The van der Waals surface area contributed by atoms with Crippen LogP contribution in [0.5, 0.6) is 5.75 Å². The van der Waals surface area contributed by atoms with Crippen LogP contribution < -0.4 is 10.1 Å². The summed E-state index contributed by atoms with van der Waals surface area (Å²) in [4.78, 5) is 0. The lowest BCUT2D eigenvalue weighted by atomic mass is 9.86. The van der Waals surface area contributed by atoms with E-state index < -0.39 is 5.60 Å². The lowest BCUT2D eigenvalue weighted by molar-refractivity contribution is 0.0795. The van der Waals surface area contributed by atoms with E-state index in [0.717, 1.165) is 11.3 Å². The van der Waals surface area contributed by atoms with Gasteiger partial charge >= 0.3 is 0 Å². The molecule has 0 fully saturated rings. The van der Waals surface area contributed by atoms with E-state index in [1.807, 2.05) is 24.3 Å². The maximum atomic E-state index is 13.3. The van der Waals surface area contributed by atoms with E-state index in [1.165, 1.54) is 48.5 Å². The van der Waals surface area contributed by atoms with Crippen LogP contribution in [0.15, 0.2) is 72.8 Å². The molecule has 0 aliphatic heterocycles. The second kappa shape index (κ2) is 8.29. The maximum absolute atomic E-state index is 13.3. The Morgan fingerprint density at radius 1 is 0.889 bits per heavy atom. The van der Waals surface area contributed by atoms with Crippen molar-refractivity contribution in [2.75, 3.05) is 13.7 Å². The molecule has 0 heterocycles. The van der Waals surface area contributed by atoms with Gasteiger partial charge in [-0.15, -0.1) is 0 Å². The first-order valence-corrected chi connectivity index (χ1v) is 8.59. The van der Waals surface area contributed by atoms with Gasteiger partial charge in [-0.25, -0.2) is 8.78 Å². The zero-order valence-electron chi connectivity index (χ0n) is 15.0. The fraction of sp³-hybridized carbons (Fsp3) is 0.182. The van der Waals surface area contributed by atoms with E-state index in [-0.39, 0.29) is 18.2 Å². The summed E-state index contributed by atoms with van der Waals surface area (Å²) in [6.07, 6.45) is 0. The Labute approximate surface area is 157 Å². The molecule has 2 N–H and O–H groups in total. The standard InChI is InChI=1S/C22H21F2NO2/c1-27-21-4-2-3-16(13-21)14-25-15-22(26,17-5-9-19(23)10-6-17)18-7-11-20(24)12-8-18/h2-13,25-26H,14-15H2,1H3. The molecule has 3 aromatic rings. The third-order valence-electron chi connectivity index (χ3n) is 4.49. The van der Waals surface area contributed by atoms with Crippen LogP contribution in [0.2, 0.25) is 0 Å². The van der Waals surface area contributed by atoms with Gasteiger partial charge in [-0.2, -0.15) is 0 Å². The van der Waals surface area contributed by atoms with Crippen molar-refractivity contribution in [1.82, 2.24) is 5.32 Å². The monoisotopic (exact) mass is 369 g/mol. The summed E-state index contributed by atoms with van der Waals surface area (Å²) in [6, 6.07) is 18.9. The third kappa shape index (κ3) is 4.51. The largest absolute Gasteiger partial charge is 0.497 e. The fourth-order valence-electron chi connectivity index (χ4n) is 2.99. The van der Waals surface area contributed by atoms with Gasteiger partial charge in [-0.1, -0.05) is 36.4 Å². The molecule has 3 aromatic carbocycles. The molecular formula is C22H21F2NO2. The molecule has 0 aliphatic rings. The van der Waals surface area contributed by atoms with Crippen LogP contribution >= 0.6 is 0 Å². The molecule has 5 heteroatoms. The Hall–Kier alpha value is -2.76. The Morgan fingerprint density at radius 3 is 1.96 bits per heavy atom. The first-order valence-electron chi connectivity index (χ1n) is 8.59. The molecule has 0 aromatic heterocycles. The van der Waals surface area contributed by atoms with Crippen molar-refractivity contribution in [1.29, 1.82) is 0 Å². The van der Waals surface area contributed by atoms with Crippen LogP contribution in [-0.2, 0) is 12.1 Å². The Balaban J connectivity index is 1.83. The summed E-state index contributed by atoms with van der Waals surface area (Å²) < 4.78 is 31.8. The van der Waals surface area contributed by atoms with E-state index >= 15 is 0 Å². The normalized spacial score (nSPS) is 11.4. The summed E-state index contributed by atoms with van der Waals surface area (Å²) in [6.45, 7) is 0.670. The Kier molecular flexibility index (Phi) is 5.84. The quantitative estimate of drug-likeness (QED) is 0.661. The van der Waals surface area contributed by atoms with E-state index in [0.29, 0.717) is 17.7 Å². The van der Waals surface area contributed by atoms with Crippen molar-refractivity contribution in [3.8, 4) is 5.75 Å². The molecule has 0 saturated carbocycles. The van der Waals surface area contributed by atoms with Crippen LogP contribution in [-0.4, -0.2) is 18.8 Å². The summed E-state index contributed by atoms with van der Waals surface area (Å²) in [5.74, 6) is -0.0178. The molecule has 0 bridgehead atoms. The molecule has 0 spiro atoms. The maximum Gasteiger partial charge on any atom is 0.127 e. The molecule has 3 nitrogen and oxygen atoms in total. The molecule has 0 atom stereocenters. The molecule has 140 valence electrons. The van der Waals surface area contributed by atoms with Crippen LogP contribution in [0.4, 0.5) is 8.78 Å². The highest BCUT2D eigenvalue weighted by Gasteiger charge is 2.31. The Bertz CT molecular complexity index is 834. The van der Waals surface area contributed by atoms with E-state index in [1.54, 1.807) is 7.11 Å². The highest BCUT2D eigenvalue weighted by Crippen LogP contribution is 2.29. The molecule has 3 rings (SSSR count). The number of nitrogens with one attached hydrogen (secondary N) is 1. The van der Waals surface area contributed by atoms with E-state index in [2.05, 4.69) is 5.32 Å². The second-order valence-electron chi connectivity index (χ2n) is 6.33. The van der Waals surface area contributed by atoms with Crippen molar-refractivity contribution in [3.05, 3.63) is 101 Å². The summed E-state index contributed by atoms with van der Waals surface area (Å²) >= 11 is 0. The number of benzene rings is 3. The number of aliphatic hydroxyl groups is 1. The minimum Gasteiger partial charge on any atom is -0.497 e. The molecule has 0 aliphatic carbocycles. The predicted molar refractivity (Wildman–Crippen MR) is 100 cm³/mol. The topological polar surface area (TPSA) is 41.5 Å². The average Bonchev–Trinajstić information content (AvgIpc) is 2.69. The first kappa shape index (κ1) is 19.0. The highest BCUT2D eigenvalue weighted by molar-refractivity contribution is 5.37. The first-order chi connectivity index (χ1) is 13.0. The van der Waals surface area contributed by atoms with E-state index in [9.17, 15) is 13.9 Å². The average molecular weight is 369 g/mol.